The van der Waals surface area contributed by atoms with Gasteiger partial charge in [0.25, 0.3) is 5.91 Å². The maximum absolute atomic E-state index is 11.1. The minimum atomic E-state index is -0.581. The van der Waals surface area contributed by atoms with Gasteiger partial charge in [-0.15, -0.1) is 0 Å². The van der Waals surface area contributed by atoms with Crippen LogP contribution >= 0.6 is 0 Å². The monoisotopic (exact) mass is 236 g/mol. The molecular weight excluding hydrogens is 220 g/mol. The first-order chi connectivity index (χ1) is 8.20. The molecule has 0 saturated heterocycles. The molecule has 0 bridgehead atoms. The van der Waals surface area contributed by atoms with Crippen molar-refractivity contribution in [1.29, 1.82) is 0 Å². The number of hydrogen-bond donors (Lipinski definition) is 3. The van der Waals surface area contributed by atoms with Crippen LogP contribution in [-0.4, -0.2) is 34.1 Å². The van der Waals surface area contributed by atoms with Gasteiger partial charge in [-0.2, -0.15) is 0 Å². The topological polar surface area (TPSA) is 101 Å². The lowest BCUT2D eigenvalue weighted by molar-refractivity contribution is 0.0995. The van der Waals surface area contributed by atoms with Gasteiger partial charge in [0, 0.05) is 25.5 Å². The first kappa shape index (κ1) is 11.8. The molecule has 0 aliphatic heterocycles. The molecule has 4 N–H and O–H groups in total. The fraction of sp³-hybridized carbons (Fsp3) is 0.545. The number of nitrogens with two attached hydrogens (primary N) is 1. The van der Waals surface area contributed by atoms with Crippen molar-refractivity contribution in [3.63, 3.8) is 0 Å². The SMILES string of the molecule is NC(=O)c1nccnc1NCC1CC(CO)C1. The summed E-state index contributed by atoms with van der Waals surface area (Å²) in [5.74, 6) is 0.809. The Kier molecular flexibility index (Phi) is 3.53. The Morgan fingerprint density at radius 1 is 1.41 bits per heavy atom. The van der Waals surface area contributed by atoms with E-state index in [1.165, 1.54) is 12.4 Å². The van der Waals surface area contributed by atoms with Gasteiger partial charge in [-0.1, -0.05) is 0 Å². The van der Waals surface area contributed by atoms with Crippen LogP contribution in [0.3, 0.4) is 0 Å². The lowest BCUT2D eigenvalue weighted by atomic mass is 9.75. The number of carbonyl (C=O) groups is 1. The standard InChI is InChI=1S/C11H16N4O2/c12-10(17)9-11(14-2-1-13-9)15-5-7-3-8(4-7)6-16/h1-2,7-8,16H,3-6H2,(H2,12,17)(H,14,15). The molecule has 17 heavy (non-hydrogen) atoms. The van der Waals surface area contributed by atoms with Crippen LogP contribution in [0, 0.1) is 11.8 Å². The smallest absolute Gasteiger partial charge is 0.271 e. The van der Waals surface area contributed by atoms with Gasteiger partial charge in [-0.25, -0.2) is 9.97 Å². The quantitative estimate of drug-likeness (QED) is 0.668. The molecule has 92 valence electrons. The fourth-order valence-corrected chi connectivity index (χ4v) is 2.08. The molecule has 0 spiro atoms. The van der Waals surface area contributed by atoms with Crippen LogP contribution in [0.1, 0.15) is 23.3 Å². The van der Waals surface area contributed by atoms with Crippen molar-refractivity contribution >= 4 is 11.7 Å². The minimum Gasteiger partial charge on any atom is -0.396 e. The van der Waals surface area contributed by atoms with E-state index in [0.29, 0.717) is 17.7 Å². The summed E-state index contributed by atoms with van der Waals surface area (Å²) in [4.78, 5) is 19.0. The zero-order chi connectivity index (χ0) is 12.3. The Morgan fingerprint density at radius 3 is 2.76 bits per heavy atom. The summed E-state index contributed by atoms with van der Waals surface area (Å²) >= 11 is 0. The third-order valence-corrected chi connectivity index (χ3v) is 3.08. The van der Waals surface area contributed by atoms with E-state index in [1.54, 1.807) is 0 Å². The highest BCUT2D eigenvalue weighted by molar-refractivity contribution is 5.95. The highest BCUT2D eigenvalue weighted by Crippen LogP contribution is 2.33. The van der Waals surface area contributed by atoms with Gasteiger partial charge in [-0.05, 0) is 24.7 Å². The van der Waals surface area contributed by atoms with Crippen LogP contribution in [0.25, 0.3) is 0 Å². The number of hydrogen-bond acceptors (Lipinski definition) is 5. The number of aromatic nitrogens is 2. The van der Waals surface area contributed by atoms with Crippen molar-refractivity contribution in [2.45, 2.75) is 12.8 Å². The average Bonchev–Trinajstić information content (AvgIpc) is 2.27. The molecule has 0 atom stereocenters. The molecule has 2 rings (SSSR count). The van der Waals surface area contributed by atoms with E-state index in [4.69, 9.17) is 10.8 Å². The van der Waals surface area contributed by atoms with E-state index in [1.807, 2.05) is 0 Å². The Bertz CT molecular complexity index is 404. The maximum Gasteiger partial charge on any atom is 0.271 e. The van der Waals surface area contributed by atoms with Crippen LogP contribution in [-0.2, 0) is 0 Å². The molecule has 0 aromatic carbocycles. The van der Waals surface area contributed by atoms with E-state index >= 15 is 0 Å². The summed E-state index contributed by atoms with van der Waals surface area (Å²) in [6.45, 7) is 0.990. The molecule has 6 nitrogen and oxygen atoms in total. The number of anilines is 1. The molecule has 1 aromatic heterocycles. The van der Waals surface area contributed by atoms with Gasteiger partial charge in [0.2, 0.25) is 0 Å². The van der Waals surface area contributed by atoms with E-state index in [2.05, 4.69) is 15.3 Å². The second kappa shape index (κ2) is 5.09. The molecule has 1 fully saturated rings. The number of nitrogens with one attached hydrogen (secondary N) is 1. The van der Waals surface area contributed by atoms with Crippen LogP contribution in [0.15, 0.2) is 12.4 Å². The molecule has 1 aromatic rings. The predicted octanol–water partition coefficient (Wildman–Crippen LogP) is 0.00590. The van der Waals surface area contributed by atoms with Crippen molar-refractivity contribution < 1.29 is 9.90 Å². The Hall–Kier alpha value is -1.69. The first-order valence-electron chi connectivity index (χ1n) is 5.66. The van der Waals surface area contributed by atoms with Crippen LogP contribution < -0.4 is 11.1 Å². The molecule has 1 aliphatic rings. The van der Waals surface area contributed by atoms with Gasteiger partial charge in [0.15, 0.2) is 11.5 Å². The molecular formula is C11H16N4O2. The molecule has 1 heterocycles. The van der Waals surface area contributed by atoms with Crippen molar-refractivity contribution in [2.24, 2.45) is 17.6 Å². The van der Waals surface area contributed by atoms with Gasteiger partial charge in [-0.3, -0.25) is 4.79 Å². The molecule has 6 heteroatoms. The third kappa shape index (κ3) is 2.71. The first-order valence-corrected chi connectivity index (χ1v) is 5.66. The largest absolute Gasteiger partial charge is 0.396 e. The summed E-state index contributed by atoms with van der Waals surface area (Å²) < 4.78 is 0. The number of rotatable bonds is 5. The van der Waals surface area contributed by atoms with Gasteiger partial charge >= 0.3 is 0 Å². The Balaban J connectivity index is 1.89. The summed E-state index contributed by atoms with van der Waals surface area (Å²) in [5.41, 5.74) is 5.37. The zero-order valence-electron chi connectivity index (χ0n) is 9.47. The number of primary amides is 1. The van der Waals surface area contributed by atoms with Crippen molar-refractivity contribution in [1.82, 2.24) is 9.97 Å². The molecule has 1 aliphatic carbocycles. The van der Waals surface area contributed by atoms with Crippen molar-refractivity contribution in [2.75, 3.05) is 18.5 Å². The van der Waals surface area contributed by atoms with Crippen molar-refractivity contribution in [3.8, 4) is 0 Å². The van der Waals surface area contributed by atoms with E-state index in [0.717, 1.165) is 19.4 Å². The lowest BCUT2D eigenvalue weighted by Gasteiger charge is -2.34. The summed E-state index contributed by atoms with van der Waals surface area (Å²) in [5, 5.41) is 12.0. The highest BCUT2D eigenvalue weighted by Gasteiger charge is 2.28. The second-order valence-electron chi connectivity index (χ2n) is 4.38. The number of aliphatic hydroxyl groups is 1. The highest BCUT2D eigenvalue weighted by atomic mass is 16.3. The summed E-state index contributed by atoms with van der Waals surface area (Å²) in [7, 11) is 0. The van der Waals surface area contributed by atoms with E-state index in [9.17, 15) is 4.79 Å². The van der Waals surface area contributed by atoms with Gasteiger partial charge < -0.3 is 16.2 Å². The third-order valence-electron chi connectivity index (χ3n) is 3.08. The van der Waals surface area contributed by atoms with Crippen LogP contribution in [0.4, 0.5) is 5.82 Å². The van der Waals surface area contributed by atoms with Gasteiger partial charge in [0.1, 0.15) is 0 Å². The predicted molar refractivity (Wildman–Crippen MR) is 62.3 cm³/mol. The minimum absolute atomic E-state index is 0.172. The Morgan fingerprint density at radius 2 is 2.12 bits per heavy atom. The number of aliphatic hydroxyl groups excluding tert-OH is 1. The number of nitrogens with zero attached hydrogens (tertiary/aromatic N) is 2. The average molecular weight is 236 g/mol. The Labute approximate surface area is 99.3 Å². The summed E-state index contributed by atoms with van der Waals surface area (Å²) in [6.07, 6.45) is 4.98. The molecule has 0 unspecified atom stereocenters. The zero-order valence-corrected chi connectivity index (χ0v) is 9.47. The molecule has 0 radical (unpaired) electrons. The van der Waals surface area contributed by atoms with Gasteiger partial charge in [0.05, 0.1) is 0 Å². The van der Waals surface area contributed by atoms with E-state index in [-0.39, 0.29) is 12.3 Å². The van der Waals surface area contributed by atoms with Crippen LogP contribution in [0.2, 0.25) is 0 Å². The second-order valence-corrected chi connectivity index (χ2v) is 4.38. The normalized spacial score (nSPS) is 22.9. The summed E-state index contributed by atoms with van der Waals surface area (Å²) in [6, 6.07) is 0. The molecule has 1 saturated carbocycles. The number of amides is 1. The molecule has 1 amide bonds. The fourth-order valence-electron chi connectivity index (χ4n) is 2.08. The van der Waals surface area contributed by atoms with Crippen LogP contribution in [0.5, 0.6) is 0 Å². The maximum atomic E-state index is 11.1. The van der Waals surface area contributed by atoms with E-state index < -0.39 is 5.91 Å². The number of carbonyl (C=O) groups excluding carboxylic acids is 1. The lowest BCUT2D eigenvalue weighted by Crippen LogP contribution is -2.32. The van der Waals surface area contributed by atoms with Crippen molar-refractivity contribution in [3.05, 3.63) is 18.1 Å².